The van der Waals surface area contributed by atoms with Crippen molar-refractivity contribution in [3.05, 3.63) is 16.1 Å². The highest BCUT2D eigenvalue weighted by atomic mass is 32.1. The molecular formula is C15H27N3S. The predicted octanol–water partition coefficient (Wildman–Crippen LogP) is 2.91. The van der Waals surface area contributed by atoms with Crippen LogP contribution in [-0.4, -0.2) is 36.6 Å². The smallest absolute Gasteiger partial charge is 0.0798 e. The van der Waals surface area contributed by atoms with Gasteiger partial charge in [0.2, 0.25) is 0 Å². The van der Waals surface area contributed by atoms with Crippen LogP contribution in [0, 0.1) is 18.3 Å². The van der Waals surface area contributed by atoms with E-state index < -0.39 is 0 Å². The summed E-state index contributed by atoms with van der Waals surface area (Å²) >= 11 is 1.77. The molecule has 2 atom stereocenters. The molecule has 1 N–H and O–H groups in total. The third kappa shape index (κ3) is 3.36. The van der Waals surface area contributed by atoms with E-state index in [2.05, 4.69) is 50.1 Å². The van der Waals surface area contributed by atoms with Gasteiger partial charge in [0.1, 0.15) is 0 Å². The normalized spacial score (nSPS) is 26.2. The lowest BCUT2D eigenvalue weighted by Gasteiger charge is -2.32. The van der Waals surface area contributed by atoms with Crippen molar-refractivity contribution < 1.29 is 0 Å². The fraction of sp³-hybridized carbons (Fsp3) is 0.800. The molecule has 0 spiro atoms. The van der Waals surface area contributed by atoms with E-state index in [1.165, 1.54) is 30.0 Å². The predicted molar refractivity (Wildman–Crippen MR) is 82.5 cm³/mol. The summed E-state index contributed by atoms with van der Waals surface area (Å²) in [6.45, 7) is 9.09. The number of hydrogen-bond donors (Lipinski definition) is 1. The van der Waals surface area contributed by atoms with Gasteiger partial charge in [-0.25, -0.2) is 4.98 Å². The van der Waals surface area contributed by atoms with Gasteiger partial charge in [-0.3, -0.25) is 0 Å². The number of thiazole rings is 1. The van der Waals surface area contributed by atoms with Gasteiger partial charge in [-0.1, -0.05) is 13.8 Å². The highest BCUT2D eigenvalue weighted by Gasteiger charge is 2.41. The van der Waals surface area contributed by atoms with Crippen LogP contribution in [0.5, 0.6) is 0 Å². The maximum absolute atomic E-state index is 4.34. The Labute approximate surface area is 121 Å². The van der Waals surface area contributed by atoms with Crippen molar-refractivity contribution in [3.8, 4) is 0 Å². The average Bonchev–Trinajstić information content (AvgIpc) is 2.84. The van der Waals surface area contributed by atoms with E-state index in [-0.39, 0.29) is 0 Å². The zero-order valence-corrected chi connectivity index (χ0v) is 13.7. The summed E-state index contributed by atoms with van der Waals surface area (Å²) in [5.41, 5.74) is 3.57. The lowest BCUT2D eigenvalue weighted by atomic mass is 9.85. The molecule has 1 aliphatic carbocycles. The van der Waals surface area contributed by atoms with E-state index in [4.69, 9.17) is 0 Å². The largest absolute Gasteiger partial charge is 0.316 e. The molecule has 1 aromatic rings. The summed E-state index contributed by atoms with van der Waals surface area (Å²) in [6.07, 6.45) is 2.67. The maximum Gasteiger partial charge on any atom is 0.0798 e. The van der Waals surface area contributed by atoms with Gasteiger partial charge >= 0.3 is 0 Å². The second-order valence-electron chi connectivity index (χ2n) is 6.61. The second kappa shape index (κ2) is 5.90. The van der Waals surface area contributed by atoms with Crippen molar-refractivity contribution in [2.24, 2.45) is 11.3 Å². The molecule has 2 unspecified atom stereocenters. The minimum absolute atomic E-state index is 0.431. The van der Waals surface area contributed by atoms with Gasteiger partial charge in [-0.15, -0.1) is 11.3 Å². The fourth-order valence-corrected chi connectivity index (χ4v) is 4.39. The summed E-state index contributed by atoms with van der Waals surface area (Å²) in [5.74, 6) is 0.762. The minimum atomic E-state index is 0.431. The van der Waals surface area contributed by atoms with Crippen LogP contribution in [-0.2, 0) is 6.54 Å². The van der Waals surface area contributed by atoms with Crippen LogP contribution in [0.3, 0.4) is 0 Å². The highest BCUT2D eigenvalue weighted by Crippen LogP contribution is 2.41. The zero-order valence-electron chi connectivity index (χ0n) is 12.9. The van der Waals surface area contributed by atoms with E-state index in [1.807, 2.05) is 5.51 Å². The Morgan fingerprint density at radius 3 is 2.84 bits per heavy atom. The van der Waals surface area contributed by atoms with Crippen molar-refractivity contribution in [1.29, 1.82) is 0 Å². The van der Waals surface area contributed by atoms with Crippen LogP contribution < -0.4 is 5.32 Å². The first kappa shape index (κ1) is 14.9. The number of aromatic nitrogens is 1. The molecule has 0 saturated heterocycles. The van der Waals surface area contributed by atoms with Crippen molar-refractivity contribution in [3.63, 3.8) is 0 Å². The SMILES string of the molecule is CNC1C(CN(C)Cc2scnc2C)CCC1(C)C. The van der Waals surface area contributed by atoms with Crippen molar-refractivity contribution >= 4 is 11.3 Å². The van der Waals surface area contributed by atoms with E-state index in [9.17, 15) is 0 Å². The van der Waals surface area contributed by atoms with Gasteiger partial charge in [-0.2, -0.15) is 0 Å². The second-order valence-corrected chi connectivity index (χ2v) is 7.55. The third-order valence-electron chi connectivity index (χ3n) is 4.59. The van der Waals surface area contributed by atoms with Crippen LogP contribution >= 0.6 is 11.3 Å². The maximum atomic E-state index is 4.34. The van der Waals surface area contributed by atoms with E-state index >= 15 is 0 Å². The summed E-state index contributed by atoms with van der Waals surface area (Å²) in [6, 6.07) is 0.637. The summed E-state index contributed by atoms with van der Waals surface area (Å²) < 4.78 is 0. The number of hydrogen-bond acceptors (Lipinski definition) is 4. The number of nitrogens with one attached hydrogen (secondary N) is 1. The Morgan fingerprint density at radius 1 is 1.53 bits per heavy atom. The van der Waals surface area contributed by atoms with Gasteiger partial charge in [0.05, 0.1) is 11.2 Å². The zero-order chi connectivity index (χ0) is 14.0. The highest BCUT2D eigenvalue weighted by molar-refractivity contribution is 7.09. The average molecular weight is 281 g/mol. The molecule has 0 aromatic carbocycles. The van der Waals surface area contributed by atoms with E-state index in [0.717, 1.165) is 12.5 Å². The van der Waals surface area contributed by atoms with Crippen LogP contribution in [0.15, 0.2) is 5.51 Å². The standard InChI is InChI=1S/C15H27N3S/c1-11-13(19-10-17-11)9-18(5)8-12-6-7-15(2,3)14(12)16-4/h10,12,14,16H,6-9H2,1-5H3. The van der Waals surface area contributed by atoms with Crippen LogP contribution in [0.1, 0.15) is 37.3 Å². The van der Waals surface area contributed by atoms with E-state index in [0.29, 0.717) is 11.5 Å². The summed E-state index contributed by atoms with van der Waals surface area (Å²) in [5, 5.41) is 3.54. The van der Waals surface area contributed by atoms with Gasteiger partial charge in [0, 0.05) is 24.0 Å². The molecule has 0 radical (unpaired) electrons. The van der Waals surface area contributed by atoms with Crippen molar-refractivity contribution in [1.82, 2.24) is 15.2 Å². The van der Waals surface area contributed by atoms with Crippen molar-refractivity contribution in [2.45, 2.75) is 46.2 Å². The first-order valence-corrected chi connectivity index (χ1v) is 8.07. The van der Waals surface area contributed by atoms with Gasteiger partial charge in [0.25, 0.3) is 0 Å². The fourth-order valence-electron chi connectivity index (χ4n) is 3.53. The molecule has 1 saturated carbocycles. The van der Waals surface area contributed by atoms with Gasteiger partial charge < -0.3 is 10.2 Å². The lowest BCUT2D eigenvalue weighted by Crippen LogP contribution is -2.43. The van der Waals surface area contributed by atoms with E-state index in [1.54, 1.807) is 11.3 Å². The molecule has 1 heterocycles. The Hall–Kier alpha value is -0.450. The molecular weight excluding hydrogens is 254 g/mol. The Balaban J connectivity index is 1.92. The Kier molecular flexibility index (Phi) is 4.64. The molecule has 108 valence electrons. The molecule has 1 aliphatic rings. The van der Waals surface area contributed by atoms with Crippen LogP contribution in [0.25, 0.3) is 0 Å². The summed E-state index contributed by atoms with van der Waals surface area (Å²) in [7, 11) is 4.34. The Bertz CT molecular complexity index is 413. The molecule has 2 rings (SSSR count). The van der Waals surface area contributed by atoms with Gasteiger partial charge in [-0.05, 0) is 45.2 Å². The topological polar surface area (TPSA) is 28.2 Å². The minimum Gasteiger partial charge on any atom is -0.316 e. The molecule has 4 heteroatoms. The lowest BCUT2D eigenvalue weighted by molar-refractivity contribution is 0.208. The molecule has 0 bridgehead atoms. The molecule has 0 aliphatic heterocycles. The van der Waals surface area contributed by atoms with Crippen LogP contribution in [0.2, 0.25) is 0 Å². The molecule has 1 aromatic heterocycles. The molecule has 0 amide bonds. The molecule has 1 fully saturated rings. The first-order chi connectivity index (χ1) is 8.94. The van der Waals surface area contributed by atoms with Crippen molar-refractivity contribution in [2.75, 3.05) is 20.6 Å². The summed E-state index contributed by atoms with van der Waals surface area (Å²) in [4.78, 5) is 8.19. The Morgan fingerprint density at radius 2 is 2.26 bits per heavy atom. The number of aryl methyl sites for hydroxylation is 1. The molecule has 19 heavy (non-hydrogen) atoms. The number of nitrogens with zero attached hydrogens (tertiary/aromatic N) is 2. The quantitative estimate of drug-likeness (QED) is 0.899. The number of rotatable bonds is 5. The monoisotopic (exact) mass is 281 g/mol. The molecule has 3 nitrogen and oxygen atoms in total. The first-order valence-electron chi connectivity index (χ1n) is 7.19. The van der Waals surface area contributed by atoms with Gasteiger partial charge in [0.15, 0.2) is 0 Å². The third-order valence-corrected chi connectivity index (χ3v) is 5.51. The van der Waals surface area contributed by atoms with Crippen LogP contribution in [0.4, 0.5) is 0 Å².